The fraction of sp³-hybridized carbons (Fsp3) is 0.157. The standard InChI is InChI=1S/C51H41N3/c1-50(2)43-16-10-8-14-39(43)41-28-26-37(30-45(41)50)32-18-22-35(23-19-32)48-52-47(34-12-6-5-7-13-34)53-49(54-48)36-24-20-33(21-25-36)38-27-29-42-40-15-9-11-17-44(40)51(3,4)46(42)31-38/h5-28,30-31,42H,29H2,1-4H3. The Balaban J connectivity index is 0.971. The van der Waals surface area contributed by atoms with Crippen LogP contribution >= 0.6 is 0 Å². The van der Waals surface area contributed by atoms with Crippen LogP contribution in [0.15, 0.2) is 163 Å². The molecule has 7 aromatic rings. The zero-order chi connectivity index (χ0) is 36.6. The van der Waals surface area contributed by atoms with Gasteiger partial charge in [0, 0.05) is 33.4 Å². The highest BCUT2D eigenvalue weighted by atomic mass is 15.0. The molecule has 0 aliphatic heterocycles. The number of allylic oxidation sites excluding steroid dienone is 4. The van der Waals surface area contributed by atoms with Gasteiger partial charge >= 0.3 is 0 Å². The third kappa shape index (κ3) is 5.14. The van der Waals surface area contributed by atoms with Gasteiger partial charge in [-0.05, 0) is 68.1 Å². The van der Waals surface area contributed by atoms with E-state index in [1.807, 2.05) is 18.2 Å². The minimum atomic E-state index is -0.0394. The second-order valence-corrected chi connectivity index (χ2v) is 16.0. The topological polar surface area (TPSA) is 38.7 Å². The molecule has 3 nitrogen and oxygen atoms in total. The smallest absolute Gasteiger partial charge is 0.164 e. The van der Waals surface area contributed by atoms with Crippen LogP contribution in [0, 0.1) is 0 Å². The van der Waals surface area contributed by atoms with Crippen LogP contribution in [-0.2, 0) is 10.8 Å². The van der Waals surface area contributed by atoms with E-state index in [1.165, 1.54) is 61.2 Å². The first kappa shape index (κ1) is 32.5. The Labute approximate surface area is 317 Å². The number of rotatable bonds is 5. The molecular weight excluding hydrogens is 655 g/mol. The monoisotopic (exact) mass is 695 g/mol. The maximum atomic E-state index is 5.07. The van der Waals surface area contributed by atoms with Gasteiger partial charge in [0.2, 0.25) is 0 Å². The molecule has 0 bridgehead atoms. The first-order valence-electron chi connectivity index (χ1n) is 19.0. The second-order valence-electron chi connectivity index (χ2n) is 16.0. The van der Waals surface area contributed by atoms with Crippen molar-refractivity contribution in [2.24, 2.45) is 0 Å². The normalized spacial score (nSPS) is 17.1. The molecule has 6 aromatic carbocycles. The highest BCUT2D eigenvalue weighted by Gasteiger charge is 2.42. The molecule has 10 rings (SSSR count). The second kappa shape index (κ2) is 12.2. The molecule has 1 unspecified atom stereocenters. The SMILES string of the molecule is CC1(C)C2=CC(c3ccc(-c4nc(-c5ccccc5)nc(-c5ccc(-c6ccc7c(c6)C(C)(C)c6ccccc6-7)cc5)n4)cc3)=CCC2c2ccccc21. The van der Waals surface area contributed by atoms with Gasteiger partial charge in [-0.1, -0.05) is 185 Å². The first-order chi connectivity index (χ1) is 26.3. The summed E-state index contributed by atoms with van der Waals surface area (Å²) in [5.41, 5.74) is 17.6. The van der Waals surface area contributed by atoms with E-state index in [2.05, 4.69) is 167 Å². The summed E-state index contributed by atoms with van der Waals surface area (Å²) < 4.78 is 0. The summed E-state index contributed by atoms with van der Waals surface area (Å²) in [6, 6.07) is 52.2. The molecule has 0 amide bonds. The molecule has 1 aromatic heterocycles. The quantitative estimate of drug-likeness (QED) is 0.180. The van der Waals surface area contributed by atoms with E-state index in [1.54, 1.807) is 0 Å². The Morgan fingerprint density at radius 1 is 0.444 bits per heavy atom. The molecule has 0 spiro atoms. The number of aromatic nitrogens is 3. The predicted octanol–water partition coefficient (Wildman–Crippen LogP) is 12.6. The van der Waals surface area contributed by atoms with Crippen molar-refractivity contribution in [1.29, 1.82) is 0 Å². The molecule has 260 valence electrons. The highest BCUT2D eigenvalue weighted by Crippen LogP contribution is 2.54. The van der Waals surface area contributed by atoms with E-state index in [0.717, 1.165) is 23.1 Å². The lowest BCUT2D eigenvalue weighted by Gasteiger charge is -2.27. The fourth-order valence-electron chi connectivity index (χ4n) is 9.19. The van der Waals surface area contributed by atoms with E-state index in [9.17, 15) is 0 Å². The zero-order valence-electron chi connectivity index (χ0n) is 31.1. The van der Waals surface area contributed by atoms with Crippen LogP contribution < -0.4 is 0 Å². The van der Waals surface area contributed by atoms with E-state index in [0.29, 0.717) is 23.4 Å². The van der Waals surface area contributed by atoms with Gasteiger partial charge in [-0.2, -0.15) is 0 Å². The summed E-state index contributed by atoms with van der Waals surface area (Å²) in [7, 11) is 0. The van der Waals surface area contributed by atoms with Crippen LogP contribution in [0.4, 0.5) is 0 Å². The van der Waals surface area contributed by atoms with Gasteiger partial charge in [-0.3, -0.25) is 0 Å². The Morgan fingerprint density at radius 2 is 0.963 bits per heavy atom. The Morgan fingerprint density at radius 3 is 1.65 bits per heavy atom. The minimum Gasteiger partial charge on any atom is -0.208 e. The molecule has 0 N–H and O–H groups in total. The lowest BCUT2D eigenvalue weighted by molar-refractivity contribution is 0.613. The van der Waals surface area contributed by atoms with Gasteiger partial charge in [0.15, 0.2) is 17.5 Å². The molecule has 3 heteroatoms. The maximum Gasteiger partial charge on any atom is 0.164 e. The van der Waals surface area contributed by atoms with Crippen LogP contribution in [0.25, 0.3) is 62.0 Å². The molecule has 1 atom stereocenters. The fourth-order valence-corrected chi connectivity index (χ4v) is 9.19. The van der Waals surface area contributed by atoms with Crippen LogP contribution in [0.3, 0.4) is 0 Å². The van der Waals surface area contributed by atoms with Gasteiger partial charge in [-0.15, -0.1) is 0 Å². The van der Waals surface area contributed by atoms with Gasteiger partial charge in [0.25, 0.3) is 0 Å². The predicted molar refractivity (Wildman–Crippen MR) is 222 cm³/mol. The van der Waals surface area contributed by atoms with Crippen molar-refractivity contribution in [1.82, 2.24) is 15.0 Å². The van der Waals surface area contributed by atoms with E-state index >= 15 is 0 Å². The highest BCUT2D eigenvalue weighted by molar-refractivity contribution is 5.84. The van der Waals surface area contributed by atoms with Gasteiger partial charge in [-0.25, -0.2) is 15.0 Å². The van der Waals surface area contributed by atoms with Crippen molar-refractivity contribution in [3.8, 4) is 56.4 Å². The average molecular weight is 696 g/mol. The number of fused-ring (bicyclic) bond motifs is 6. The van der Waals surface area contributed by atoms with E-state index in [4.69, 9.17) is 15.0 Å². The van der Waals surface area contributed by atoms with Crippen LogP contribution in [0.1, 0.15) is 67.9 Å². The van der Waals surface area contributed by atoms with Crippen molar-refractivity contribution in [3.05, 3.63) is 191 Å². The van der Waals surface area contributed by atoms with Crippen molar-refractivity contribution in [2.45, 2.75) is 50.9 Å². The average Bonchev–Trinajstić information content (AvgIpc) is 3.60. The lowest BCUT2D eigenvalue weighted by Crippen LogP contribution is -2.17. The largest absolute Gasteiger partial charge is 0.208 e. The number of hydrogen-bond donors (Lipinski definition) is 0. The maximum absolute atomic E-state index is 5.07. The number of benzene rings is 6. The Bertz CT molecular complexity index is 2660. The van der Waals surface area contributed by atoms with Crippen molar-refractivity contribution in [2.75, 3.05) is 0 Å². The summed E-state index contributed by atoms with van der Waals surface area (Å²) in [6.45, 7) is 9.39. The minimum absolute atomic E-state index is 0.0265. The summed E-state index contributed by atoms with van der Waals surface area (Å²) in [5.74, 6) is 2.46. The molecule has 0 saturated carbocycles. The first-order valence-corrected chi connectivity index (χ1v) is 19.0. The van der Waals surface area contributed by atoms with Crippen molar-refractivity contribution >= 4 is 5.57 Å². The Kier molecular flexibility index (Phi) is 7.32. The van der Waals surface area contributed by atoms with Crippen molar-refractivity contribution in [3.63, 3.8) is 0 Å². The van der Waals surface area contributed by atoms with Gasteiger partial charge < -0.3 is 0 Å². The summed E-state index contributed by atoms with van der Waals surface area (Å²) >= 11 is 0. The van der Waals surface area contributed by atoms with Crippen LogP contribution in [-0.4, -0.2) is 15.0 Å². The molecule has 54 heavy (non-hydrogen) atoms. The molecule has 0 fully saturated rings. The number of nitrogens with zero attached hydrogens (tertiary/aromatic N) is 3. The summed E-state index contributed by atoms with van der Waals surface area (Å²) in [4.78, 5) is 15.1. The van der Waals surface area contributed by atoms with Gasteiger partial charge in [0.1, 0.15) is 0 Å². The Hall–Kier alpha value is -6.19. The van der Waals surface area contributed by atoms with Crippen molar-refractivity contribution < 1.29 is 0 Å². The van der Waals surface area contributed by atoms with Crippen LogP contribution in [0.5, 0.6) is 0 Å². The third-order valence-electron chi connectivity index (χ3n) is 12.2. The summed E-state index contributed by atoms with van der Waals surface area (Å²) in [6.07, 6.45) is 5.87. The van der Waals surface area contributed by atoms with E-state index < -0.39 is 0 Å². The molecule has 0 radical (unpaired) electrons. The summed E-state index contributed by atoms with van der Waals surface area (Å²) in [5, 5.41) is 0. The third-order valence-corrected chi connectivity index (χ3v) is 12.2. The molecular formula is C51H41N3. The number of hydrogen-bond acceptors (Lipinski definition) is 3. The zero-order valence-corrected chi connectivity index (χ0v) is 31.1. The molecule has 0 saturated heterocycles. The van der Waals surface area contributed by atoms with Crippen LogP contribution in [0.2, 0.25) is 0 Å². The lowest BCUT2D eigenvalue weighted by atomic mass is 9.77. The van der Waals surface area contributed by atoms with E-state index in [-0.39, 0.29) is 10.8 Å². The molecule has 3 aliphatic carbocycles. The molecule has 3 aliphatic rings. The molecule has 1 heterocycles. The van der Waals surface area contributed by atoms with Gasteiger partial charge in [0.05, 0.1) is 0 Å².